The zero-order valence-electron chi connectivity index (χ0n) is 12.8. The molecule has 2 atom stereocenters. The Morgan fingerprint density at radius 3 is 2.86 bits per heavy atom. The van der Waals surface area contributed by atoms with E-state index in [1.807, 2.05) is 13.8 Å². The molecule has 1 aromatic carbocycles. The average molecular weight is 296 g/mol. The minimum Gasteiger partial charge on any atom is -0.394 e. The van der Waals surface area contributed by atoms with E-state index in [0.717, 1.165) is 13.1 Å². The number of rotatable bonds is 5. The van der Waals surface area contributed by atoms with E-state index in [0.29, 0.717) is 18.5 Å². The van der Waals surface area contributed by atoms with Gasteiger partial charge in [0.05, 0.1) is 18.3 Å². The second-order valence-corrected chi connectivity index (χ2v) is 6.33. The second-order valence-electron chi connectivity index (χ2n) is 6.33. The van der Waals surface area contributed by atoms with Crippen LogP contribution in [-0.4, -0.2) is 48.0 Å². The summed E-state index contributed by atoms with van der Waals surface area (Å²) in [6.45, 7) is 6.27. The van der Waals surface area contributed by atoms with Gasteiger partial charge in [-0.1, -0.05) is 18.2 Å². The molecule has 0 aliphatic carbocycles. The summed E-state index contributed by atoms with van der Waals surface area (Å²) in [7, 11) is 0. The molecule has 2 unspecified atom stereocenters. The number of benzene rings is 1. The molecule has 0 bridgehead atoms. The highest BCUT2D eigenvalue weighted by Crippen LogP contribution is 2.23. The molecular weight excluding hydrogens is 271 g/mol. The van der Waals surface area contributed by atoms with Crippen molar-refractivity contribution in [1.29, 1.82) is 0 Å². The van der Waals surface area contributed by atoms with Crippen LogP contribution in [0.4, 0.5) is 4.39 Å². The van der Waals surface area contributed by atoms with Gasteiger partial charge in [0.25, 0.3) is 0 Å². The summed E-state index contributed by atoms with van der Waals surface area (Å²) >= 11 is 0. The molecule has 0 saturated carbocycles. The van der Waals surface area contributed by atoms with Gasteiger partial charge in [0.2, 0.25) is 0 Å². The molecule has 1 fully saturated rings. The van der Waals surface area contributed by atoms with Crippen LogP contribution in [0.25, 0.3) is 0 Å². The van der Waals surface area contributed by atoms with Gasteiger partial charge in [0, 0.05) is 31.2 Å². The van der Waals surface area contributed by atoms with Crippen molar-refractivity contribution in [3.63, 3.8) is 0 Å². The first-order valence-corrected chi connectivity index (χ1v) is 7.42. The number of nitrogens with two attached hydrogens (primary N) is 1. The van der Waals surface area contributed by atoms with E-state index in [1.54, 1.807) is 18.2 Å². The average Bonchev–Trinajstić information content (AvgIpc) is 2.43. The zero-order valence-corrected chi connectivity index (χ0v) is 12.8. The van der Waals surface area contributed by atoms with Crippen LogP contribution in [0.5, 0.6) is 0 Å². The fourth-order valence-electron chi connectivity index (χ4n) is 2.94. The monoisotopic (exact) mass is 296 g/mol. The summed E-state index contributed by atoms with van der Waals surface area (Å²) in [5, 5.41) is 9.31. The summed E-state index contributed by atoms with van der Waals surface area (Å²) in [6, 6.07) is 6.33. The van der Waals surface area contributed by atoms with Crippen molar-refractivity contribution in [3.05, 3.63) is 35.6 Å². The lowest BCUT2D eigenvalue weighted by Gasteiger charge is -2.42. The van der Waals surface area contributed by atoms with Gasteiger partial charge in [-0.3, -0.25) is 4.90 Å². The first kappa shape index (κ1) is 16.4. The summed E-state index contributed by atoms with van der Waals surface area (Å²) < 4.78 is 19.5. The minimum atomic E-state index is -0.315. The fourth-order valence-corrected chi connectivity index (χ4v) is 2.94. The molecule has 1 aromatic rings. The molecule has 0 aromatic heterocycles. The first-order valence-electron chi connectivity index (χ1n) is 7.42. The molecule has 2 rings (SSSR count). The Kier molecular flexibility index (Phi) is 5.32. The third kappa shape index (κ3) is 4.48. The van der Waals surface area contributed by atoms with Crippen molar-refractivity contribution >= 4 is 0 Å². The Labute approximate surface area is 125 Å². The van der Waals surface area contributed by atoms with E-state index < -0.39 is 0 Å². The second kappa shape index (κ2) is 6.83. The molecule has 4 nitrogen and oxygen atoms in total. The van der Waals surface area contributed by atoms with E-state index in [2.05, 4.69) is 4.90 Å². The number of ether oxygens (including phenoxy) is 1. The van der Waals surface area contributed by atoms with Gasteiger partial charge in [0.1, 0.15) is 5.82 Å². The molecule has 5 heteroatoms. The summed E-state index contributed by atoms with van der Waals surface area (Å²) in [6.07, 6.45) is 0.508. The zero-order chi connectivity index (χ0) is 15.5. The van der Waals surface area contributed by atoms with Gasteiger partial charge in [-0.25, -0.2) is 4.39 Å². The van der Waals surface area contributed by atoms with Crippen molar-refractivity contribution < 1.29 is 14.2 Å². The van der Waals surface area contributed by atoms with Crippen LogP contribution < -0.4 is 5.73 Å². The van der Waals surface area contributed by atoms with Crippen molar-refractivity contribution in [2.45, 2.75) is 38.0 Å². The van der Waals surface area contributed by atoms with Crippen LogP contribution in [-0.2, 0) is 4.74 Å². The fraction of sp³-hybridized carbons (Fsp3) is 0.625. The predicted octanol–water partition coefficient (Wildman–Crippen LogP) is 1.69. The van der Waals surface area contributed by atoms with E-state index in [4.69, 9.17) is 10.5 Å². The molecule has 1 saturated heterocycles. The Hall–Kier alpha value is -1.01. The highest BCUT2D eigenvalue weighted by atomic mass is 19.1. The lowest BCUT2D eigenvalue weighted by Crippen LogP contribution is -2.54. The van der Waals surface area contributed by atoms with Gasteiger partial charge in [0.15, 0.2) is 0 Å². The Morgan fingerprint density at radius 1 is 1.48 bits per heavy atom. The minimum absolute atomic E-state index is 0.0132. The number of aliphatic hydroxyl groups excluding tert-OH is 1. The maximum atomic E-state index is 13.7. The van der Waals surface area contributed by atoms with Crippen LogP contribution in [0.2, 0.25) is 0 Å². The molecule has 118 valence electrons. The molecule has 0 radical (unpaired) electrons. The highest BCUT2D eigenvalue weighted by Gasteiger charge is 2.32. The predicted molar refractivity (Wildman–Crippen MR) is 80.4 cm³/mol. The molecule has 21 heavy (non-hydrogen) atoms. The number of hydrogen-bond donors (Lipinski definition) is 2. The van der Waals surface area contributed by atoms with Crippen LogP contribution >= 0.6 is 0 Å². The highest BCUT2D eigenvalue weighted by molar-refractivity contribution is 5.20. The largest absolute Gasteiger partial charge is 0.394 e. The standard InChI is InChI=1S/C16H25FN2O2/c1-16(2)11-19(9-12(10-20)21-16)8-7-15(18)13-5-3-4-6-14(13)17/h3-6,12,15,20H,7-11,18H2,1-2H3. The first-order chi connectivity index (χ1) is 9.91. The Balaban J connectivity index is 1.91. The van der Waals surface area contributed by atoms with Crippen molar-refractivity contribution in [2.75, 3.05) is 26.2 Å². The number of morpholine rings is 1. The maximum absolute atomic E-state index is 13.7. The Bertz CT molecular complexity index is 467. The smallest absolute Gasteiger partial charge is 0.127 e. The molecular formula is C16H25FN2O2. The van der Waals surface area contributed by atoms with E-state index in [-0.39, 0.29) is 30.2 Å². The summed E-state index contributed by atoms with van der Waals surface area (Å²) in [5.41, 5.74) is 6.38. The third-order valence-electron chi connectivity index (χ3n) is 3.82. The number of hydrogen-bond acceptors (Lipinski definition) is 4. The van der Waals surface area contributed by atoms with Crippen LogP contribution in [0.3, 0.4) is 0 Å². The lowest BCUT2D eigenvalue weighted by atomic mass is 10.0. The molecule has 1 aliphatic heterocycles. The quantitative estimate of drug-likeness (QED) is 0.868. The molecule has 3 N–H and O–H groups in total. The van der Waals surface area contributed by atoms with Crippen molar-refractivity contribution in [2.24, 2.45) is 5.73 Å². The Morgan fingerprint density at radius 2 is 2.19 bits per heavy atom. The molecule has 1 heterocycles. The maximum Gasteiger partial charge on any atom is 0.127 e. The van der Waals surface area contributed by atoms with Crippen molar-refractivity contribution in [3.8, 4) is 0 Å². The summed E-state index contributed by atoms with van der Waals surface area (Å²) in [5.74, 6) is -0.249. The van der Waals surface area contributed by atoms with Gasteiger partial charge in [-0.2, -0.15) is 0 Å². The van der Waals surface area contributed by atoms with E-state index in [9.17, 15) is 9.50 Å². The van der Waals surface area contributed by atoms with Gasteiger partial charge in [-0.05, 0) is 26.3 Å². The number of halogens is 1. The van der Waals surface area contributed by atoms with E-state index in [1.165, 1.54) is 6.07 Å². The SMILES string of the molecule is CC1(C)CN(CCC(N)c2ccccc2F)CC(CO)O1. The van der Waals surface area contributed by atoms with Crippen LogP contribution in [0.1, 0.15) is 31.9 Å². The van der Waals surface area contributed by atoms with E-state index >= 15 is 0 Å². The van der Waals surface area contributed by atoms with Gasteiger partial charge < -0.3 is 15.6 Å². The van der Waals surface area contributed by atoms with Crippen molar-refractivity contribution in [1.82, 2.24) is 4.90 Å². The molecule has 0 amide bonds. The number of aliphatic hydroxyl groups is 1. The normalized spacial score (nSPS) is 24.0. The van der Waals surface area contributed by atoms with Crippen LogP contribution in [0, 0.1) is 5.82 Å². The molecule has 1 aliphatic rings. The molecule has 0 spiro atoms. The summed E-state index contributed by atoms with van der Waals surface area (Å²) in [4.78, 5) is 2.23. The third-order valence-corrected chi connectivity index (χ3v) is 3.82. The topological polar surface area (TPSA) is 58.7 Å². The van der Waals surface area contributed by atoms with Crippen LogP contribution in [0.15, 0.2) is 24.3 Å². The lowest BCUT2D eigenvalue weighted by molar-refractivity contribution is -0.149. The van der Waals surface area contributed by atoms with Gasteiger partial charge in [-0.15, -0.1) is 0 Å². The van der Waals surface area contributed by atoms with Gasteiger partial charge >= 0.3 is 0 Å². The number of nitrogens with zero attached hydrogens (tertiary/aromatic N) is 1.